The lowest BCUT2D eigenvalue weighted by Crippen LogP contribution is -2.49. The number of thiocarbonyl (C=S) groups is 1. The van der Waals surface area contributed by atoms with Gasteiger partial charge in [0.1, 0.15) is 5.75 Å². The third-order valence-electron chi connectivity index (χ3n) is 3.62. The lowest BCUT2D eigenvalue weighted by molar-refractivity contribution is -0.394. The average Bonchev–Trinajstić information content (AvgIpc) is 2.71. The number of non-ortho nitro benzene ring substituents is 2. The van der Waals surface area contributed by atoms with Crippen molar-refractivity contribution in [3.8, 4) is 5.75 Å². The quantitative estimate of drug-likeness (QED) is 0.327. The Bertz CT molecular complexity index is 1050. The first-order valence-corrected chi connectivity index (χ1v) is 9.08. The number of carbonyl (C=O) groups excluding carboxylic acids is 2. The zero-order chi connectivity index (χ0) is 23.1. The number of aryl methyl sites for hydroxylation is 1. The molecule has 162 valence electrons. The molecule has 0 unspecified atom stereocenters. The first-order valence-electron chi connectivity index (χ1n) is 8.30. The highest BCUT2D eigenvalue weighted by Gasteiger charge is 2.20. The van der Waals surface area contributed by atoms with Crippen LogP contribution in [0.25, 0.3) is 0 Å². The zero-order valence-corrected chi connectivity index (χ0v) is 17.3. The average molecular weight is 468 g/mol. The van der Waals surface area contributed by atoms with E-state index in [0.717, 1.165) is 23.8 Å². The standard InChI is InChI=1S/C17H14ClN5O7S/c1-9-4-11(18)2-3-14(9)30-8-15(24)20-21-17(31)19-16(25)10-5-12(22(26)27)7-13(6-10)23(28)29/h2-7H,8H2,1H3,(H,20,24)(H2,19,21,25,31). The van der Waals surface area contributed by atoms with Crippen molar-refractivity contribution >= 4 is 52.1 Å². The molecule has 0 aliphatic heterocycles. The van der Waals surface area contributed by atoms with Gasteiger partial charge in [-0.1, -0.05) is 11.6 Å². The number of nitro groups is 2. The summed E-state index contributed by atoms with van der Waals surface area (Å²) in [5.74, 6) is -1.13. The van der Waals surface area contributed by atoms with Gasteiger partial charge in [-0.3, -0.25) is 46.0 Å². The Morgan fingerprint density at radius 3 is 2.23 bits per heavy atom. The zero-order valence-electron chi connectivity index (χ0n) is 15.7. The number of hydrazine groups is 1. The summed E-state index contributed by atoms with van der Waals surface area (Å²) in [6.07, 6.45) is 0. The van der Waals surface area contributed by atoms with Crippen molar-refractivity contribution in [1.82, 2.24) is 16.2 Å². The van der Waals surface area contributed by atoms with E-state index in [0.29, 0.717) is 10.8 Å². The Hall–Kier alpha value is -3.84. The molecule has 0 aliphatic rings. The van der Waals surface area contributed by atoms with Crippen LogP contribution >= 0.6 is 23.8 Å². The molecule has 0 saturated heterocycles. The van der Waals surface area contributed by atoms with Gasteiger partial charge in [0, 0.05) is 17.2 Å². The van der Waals surface area contributed by atoms with E-state index in [9.17, 15) is 29.8 Å². The number of halogens is 1. The van der Waals surface area contributed by atoms with E-state index in [1.165, 1.54) is 0 Å². The number of hydrogen-bond donors (Lipinski definition) is 3. The lowest BCUT2D eigenvalue weighted by Gasteiger charge is -2.12. The molecule has 0 spiro atoms. The van der Waals surface area contributed by atoms with Gasteiger partial charge < -0.3 is 4.74 Å². The van der Waals surface area contributed by atoms with E-state index in [1.807, 2.05) is 0 Å². The van der Waals surface area contributed by atoms with Crippen LogP contribution in [0.1, 0.15) is 15.9 Å². The van der Waals surface area contributed by atoms with Gasteiger partial charge >= 0.3 is 0 Å². The first-order chi connectivity index (χ1) is 14.6. The molecule has 0 radical (unpaired) electrons. The van der Waals surface area contributed by atoms with Crippen LogP contribution in [0.5, 0.6) is 5.75 Å². The van der Waals surface area contributed by atoms with Crippen LogP contribution in [0.4, 0.5) is 11.4 Å². The van der Waals surface area contributed by atoms with Crippen LogP contribution in [0, 0.1) is 27.2 Å². The van der Waals surface area contributed by atoms with Crippen molar-refractivity contribution in [2.24, 2.45) is 0 Å². The van der Waals surface area contributed by atoms with E-state index in [-0.39, 0.29) is 17.3 Å². The van der Waals surface area contributed by atoms with Crippen molar-refractivity contribution in [3.63, 3.8) is 0 Å². The number of ether oxygens (including phenoxy) is 1. The number of benzene rings is 2. The monoisotopic (exact) mass is 467 g/mol. The van der Waals surface area contributed by atoms with Crippen LogP contribution in [0.3, 0.4) is 0 Å². The molecule has 2 amide bonds. The molecule has 2 aromatic carbocycles. The highest BCUT2D eigenvalue weighted by atomic mass is 35.5. The second kappa shape index (κ2) is 10.3. The summed E-state index contributed by atoms with van der Waals surface area (Å²) in [4.78, 5) is 44.1. The predicted molar refractivity (Wildman–Crippen MR) is 113 cm³/mol. The maximum Gasteiger partial charge on any atom is 0.277 e. The summed E-state index contributed by atoms with van der Waals surface area (Å²) in [5.41, 5.74) is 3.52. The van der Waals surface area contributed by atoms with Crippen LogP contribution < -0.4 is 20.9 Å². The highest BCUT2D eigenvalue weighted by Crippen LogP contribution is 2.23. The Labute approximate surface area is 184 Å². The molecule has 0 aliphatic carbocycles. The Balaban J connectivity index is 1.90. The fourth-order valence-electron chi connectivity index (χ4n) is 2.22. The predicted octanol–water partition coefficient (Wildman–Crippen LogP) is 2.18. The first kappa shape index (κ1) is 23.4. The SMILES string of the molecule is Cc1cc(Cl)ccc1OCC(=O)NNC(=S)NC(=O)c1cc([N+](=O)[O-])cc([N+](=O)[O-])c1. The minimum absolute atomic E-state index is 0.352. The molecule has 0 fully saturated rings. The molecule has 0 atom stereocenters. The van der Waals surface area contributed by atoms with Gasteiger partial charge in [0.15, 0.2) is 11.7 Å². The van der Waals surface area contributed by atoms with E-state index < -0.39 is 33.0 Å². The molecule has 2 rings (SSSR count). The number of amides is 2. The second-order valence-electron chi connectivity index (χ2n) is 5.91. The van der Waals surface area contributed by atoms with Crippen LogP contribution in [-0.2, 0) is 4.79 Å². The van der Waals surface area contributed by atoms with Gasteiger partial charge in [0.05, 0.1) is 21.5 Å². The third kappa shape index (κ3) is 6.87. The molecule has 2 aromatic rings. The number of nitrogens with one attached hydrogen (secondary N) is 3. The fraction of sp³-hybridized carbons (Fsp3) is 0.118. The summed E-state index contributed by atoms with van der Waals surface area (Å²) >= 11 is 10.7. The molecule has 12 nitrogen and oxygen atoms in total. The molecule has 0 bridgehead atoms. The van der Waals surface area contributed by atoms with E-state index in [4.69, 9.17) is 28.6 Å². The Morgan fingerprint density at radius 2 is 1.68 bits per heavy atom. The summed E-state index contributed by atoms with van der Waals surface area (Å²) < 4.78 is 5.34. The largest absolute Gasteiger partial charge is 0.483 e. The number of carbonyl (C=O) groups is 2. The van der Waals surface area contributed by atoms with Gasteiger partial charge in [-0.2, -0.15) is 0 Å². The third-order valence-corrected chi connectivity index (χ3v) is 4.06. The molecule has 0 aromatic heterocycles. The second-order valence-corrected chi connectivity index (χ2v) is 6.75. The molecule has 0 saturated carbocycles. The lowest BCUT2D eigenvalue weighted by atomic mass is 10.1. The Morgan fingerprint density at radius 1 is 1.06 bits per heavy atom. The van der Waals surface area contributed by atoms with Crippen molar-refractivity contribution < 1.29 is 24.2 Å². The van der Waals surface area contributed by atoms with E-state index in [2.05, 4.69) is 16.2 Å². The van der Waals surface area contributed by atoms with E-state index in [1.54, 1.807) is 25.1 Å². The highest BCUT2D eigenvalue weighted by molar-refractivity contribution is 7.80. The smallest absolute Gasteiger partial charge is 0.277 e. The number of hydrogen-bond acceptors (Lipinski definition) is 8. The van der Waals surface area contributed by atoms with Gasteiger partial charge in [-0.05, 0) is 42.9 Å². The molecule has 0 heterocycles. The van der Waals surface area contributed by atoms with Crippen molar-refractivity contribution in [2.75, 3.05) is 6.61 Å². The molecular formula is C17H14ClN5O7S. The summed E-state index contributed by atoms with van der Waals surface area (Å²) in [6, 6.07) is 7.29. The summed E-state index contributed by atoms with van der Waals surface area (Å²) in [5, 5.41) is 24.1. The van der Waals surface area contributed by atoms with E-state index >= 15 is 0 Å². The van der Waals surface area contributed by atoms with Crippen LogP contribution in [0.15, 0.2) is 36.4 Å². The van der Waals surface area contributed by atoms with Crippen LogP contribution in [-0.4, -0.2) is 33.4 Å². The topological polar surface area (TPSA) is 166 Å². The molecular weight excluding hydrogens is 454 g/mol. The van der Waals surface area contributed by atoms with Gasteiger partial charge in [0.2, 0.25) is 0 Å². The minimum atomic E-state index is -0.952. The van der Waals surface area contributed by atoms with Crippen molar-refractivity contribution in [2.45, 2.75) is 6.92 Å². The summed E-state index contributed by atoms with van der Waals surface area (Å²) in [7, 11) is 0. The van der Waals surface area contributed by atoms with Gasteiger partial charge in [-0.25, -0.2) is 0 Å². The molecule has 31 heavy (non-hydrogen) atoms. The molecule has 14 heteroatoms. The van der Waals surface area contributed by atoms with Crippen molar-refractivity contribution in [3.05, 3.63) is 72.8 Å². The maximum absolute atomic E-state index is 12.2. The number of rotatable bonds is 6. The normalized spacial score (nSPS) is 10.0. The maximum atomic E-state index is 12.2. The number of nitro benzene ring substituents is 2. The minimum Gasteiger partial charge on any atom is -0.483 e. The summed E-state index contributed by atoms with van der Waals surface area (Å²) in [6.45, 7) is 1.38. The number of nitrogens with zero attached hydrogens (tertiary/aromatic N) is 2. The van der Waals surface area contributed by atoms with Crippen LogP contribution in [0.2, 0.25) is 5.02 Å². The Kier molecular flexibility index (Phi) is 7.76. The fourth-order valence-corrected chi connectivity index (χ4v) is 2.59. The van der Waals surface area contributed by atoms with Crippen molar-refractivity contribution in [1.29, 1.82) is 0 Å². The molecule has 3 N–H and O–H groups in total. The van der Waals surface area contributed by atoms with Gasteiger partial charge in [0.25, 0.3) is 23.2 Å². The van der Waals surface area contributed by atoms with Gasteiger partial charge in [-0.15, -0.1) is 0 Å².